The van der Waals surface area contributed by atoms with Crippen molar-refractivity contribution in [2.75, 3.05) is 13.1 Å². The van der Waals surface area contributed by atoms with Gasteiger partial charge in [-0.05, 0) is 19.8 Å². The molecule has 0 radical (unpaired) electrons. The first kappa shape index (κ1) is 8.75. The van der Waals surface area contributed by atoms with Gasteiger partial charge in [0.15, 0.2) is 0 Å². The van der Waals surface area contributed by atoms with E-state index in [0.29, 0.717) is 6.17 Å². The molecule has 1 rings (SSSR count). The maximum Gasteiger partial charge on any atom is 0.0610 e. The maximum absolute atomic E-state index is 3.40. The fourth-order valence-corrected chi connectivity index (χ4v) is 1.44. The van der Waals surface area contributed by atoms with Crippen molar-refractivity contribution in [3.05, 3.63) is 11.6 Å². The van der Waals surface area contributed by atoms with E-state index in [-0.39, 0.29) is 0 Å². The van der Waals surface area contributed by atoms with Crippen molar-refractivity contribution in [2.24, 2.45) is 0 Å². The highest BCUT2D eigenvalue weighted by Crippen LogP contribution is 2.08. The molecule has 0 saturated carbocycles. The molecule has 1 aliphatic heterocycles. The van der Waals surface area contributed by atoms with Gasteiger partial charge >= 0.3 is 0 Å². The van der Waals surface area contributed by atoms with Crippen LogP contribution in [0.5, 0.6) is 0 Å². The standard InChI is InChI=1S/C9H18N2/c1-3-8(4-2)7-9-10-5-6-11-9/h3,9-11H,4-7H2,1-2H3/b8-3-. The molecule has 0 bridgehead atoms. The van der Waals surface area contributed by atoms with Gasteiger partial charge in [0, 0.05) is 13.1 Å². The summed E-state index contributed by atoms with van der Waals surface area (Å²) < 4.78 is 0. The highest BCUT2D eigenvalue weighted by molar-refractivity contribution is 5.02. The summed E-state index contributed by atoms with van der Waals surface area (Å²) in [6.45, 7) is 6.56. The smallest absolute Gasteiger partial charge is 0.0610 e. The van der Waals surface area contributed by atoms with Crippen molar-refractivity contribution in [1.82, 2.24) is 10.6 Å². The zero-order chi connectivity index (χ0) is 8.10. The summed E-state index contributed by atoms with van der Waals surface area (Å²) in [5.74, 6) is 0. The molecule has 2 heteroatoms. The molecule has 0 aliphatic carbocycles. The summed E-state index contributed by atoms with van der Waals surface area (Å²) in [5, 5.41) is 6.81. The topological polar surface area (TPSA) is 24.1 Å². The Hall–Kier alpha value is -0.340. The molecule has 0 spiro atoms. The molecule has 1 aliphatic rings. The van der Waals surface area contributed by atoms with Crippen LogP contribution in [0.4, 0.5) is 0 Å². The van der Waals surface area contributed by atoms with Crippen molar-refractivity contribution < 1.29 is 0 Å². The SMILES string of the molecule is C/C=C(/CC)CC1NCCN1. The van der Waals surface area contributed by atoms with Gasteiger partial charge in [0.25, 0.3) is 0 Å². The first-order valence-corrected chi connectivity index (χ1v) is 4.47. The molecule has 64 valence electrons. The zero-order valence-electron chi connectivity index (χ0n) is 7.48. The van der Waals surface area contributed by atoms with Gasteiger partial charge in [-0.2, -0.15) is 0 Å². The van der Waals surface area contributed by atoms with Crippen LogP contribution in [0.25, 0.3) is 0 Å². The molecule has 0 atom stereocenters. The van der Waals surface area contributed by atoms with E-state index in [1.165, 1.54) is 12.0 Å². The molecule has 0 unspecified atom stereocenters. The highest BCUT2D eigenvalue weighted by atomic mass is 15.2. The van der Waals surface area contributed by atoms with Crippen LogP contribution in [-0.4, -0.2) is 19.3 Å². The van der Waals surface area contributed by atoms with Crippen molar-refractivity contribution in [2.45, 2.75) is 32.9 Å². The minimum atomic E-state index is 0.529. The molecule has 0 aromatic carbocycles. The lowest BCUT2D eigenvalue weighted by Crippen LogP contribution is -2.31. The molecule has 1 saturated heterocycles. The van der Waals surface area contributed by atoms with E-state index in [4.69, 9.17) is 0 Å². The van der Waals surface area contributed by atoms with E-state index in [1.54, 1.807) is 0 Å². The molecule has 2 N–H and O–H groups in total. The number of allylic oxidation sites excluding steroid dienone is 1. The first-order valence-electron chi connectivity index (χ1n) is 4.47. The molecule has 1 heterocycles. The van der Waals surface area contributed by atoms with Crippen LogP contribution < -0.4 is 10.6 Å². The Balaban J connectivity index is 2.27. The Morgan fingerprint density at radius 2 is 2.09 bits per heavy atom. The molecule has 2 nitrogen and oxygen atoms in total. The summed E-state index contributed by atoms with van der Waals surface area (Å²) in [4.78, 5) is 0. The molecule has 0 aromatic rings. The monoisotopic (exact) mass is 154 g/mol. The lowest BCUT2D eigenvalue weighted by Gasteiger charge is -2.11. The van der Waals surface area contributed by atoms with Crippen LogP contribution in [0.1, 0.15) is 26.7 Å². The lowest BCUT2D eigenvalue weighted by molar-refractivity contribution is 0.542. The van der Waals surface area contributed by atoms with E-state index in [9.17, 15) is 0 Å². The summed E-state index contributed by atoms with van der Waals surface area (Å²) >= 11 is 0. The van der Waals surface area contributed by atoms with Gasteiger partial charge in [0.2, 0.25) is 0 Å². The van der Waals surface area contributed by atoms with Crippen molar-refractivity contribution in [3.8, 4) is 0 Å². The Morgan fingerprint density at radius 3 is 2.55 bits per heavy atom. The van der Waals surface area contributed by atoms with Crippen LogP contribution in [0.15, 0.2) is 11.6 Å². The minimum Gasteiger partial charge on any atom is -0.300 e. The van der Waals surface area contributed by atoms with Gasteiger partial charge in [-0.3, -0.25) is 0 Å². The Kier molecular flexibility index (Phi) is 3.60. The van der Waals surface area contributed by atoms with E-state index < -0.39 is 0 Å². The summed E-state index contributed by atoms with van der Waals surface area (Å²) in [6, 6.07) is 0. The number of hydrogen-bond donors (Lipinski definition) is 2. The molecule has 1 fully saturated rings. The van der Waals surface area contributed by atoms with Crippen LogP contribution in [0.2, 0.25) is 0 Å². The molecule has 0 amide bonds. The summed E-state index contributed by atoms with van der Waals surface area (Å²) in [6.07, 6.45) is 5.09. The number of hydrogen-bond acceptors (Lipinski definition) is 2. The lowest BCUT2D eigenvalue weighted by atomic mass is 10.1. The van der Waals surface area contributed by atoms with Crippen LogP contribution in [-0.2, 0) is 0 Å². The largest absolute Gasteiger partial charge is 0.300 e. The van der Waals surface area contributed by atoms with Gasteiger partial charge < -0.3 is 10.6 Å². The van der Waals surface area contributed by atoms with Crippen molar-refractivity contribution >= 4 is 0 Å². The van der Waals surface area contributed by atoms with Crippen molar-refractivity contribution in [1.29, 1.82) is 0 Å². The third-order valence-electron chi connectivity index (χ3n) is 2.24. The normalized spacial score (nSPS) is 21.1. The fourth-order valence-electron chi connectivity index (χ4n) is 1.44. The Labute approximate surface area is 69.1 Å². The number of nitrogens with one attached hydrogen (secondary N) is 2. The second-order valence-electron chi connectivity index (χ2n) is 2.97. The van der Waals surface area contributed by atoms with E-state index >= 15 is 0 Å². The van der Waals surface area contributed by atoms with Gasteiger partial charge in [-0.1, -0.05) is 18.6 Å². The third-order valence-corrected chi connectivity index (χ3v) is 2.24. The van der Waals surface area contributed by atoms with E-state index in [0.717, 1.165) is 19.5 Å². The molecular formula is C9H18N2. The second-order valence-corrected chi connectivity index (χ2v) is 2.97. The summed E-state index contributed by atoms with van der Waals surface area (Å²) in [7, 11) is 0. The average Bonchev–Trinajstić information content (AvgIpc) is 2.52. The quantitative estimate of drug-likeness (QED) is 0.598. The maximum atomic E-state index is 3.40. The van der Waals surface area contributed by atoms with Crippen molar-refractivity contribution in [3.63, 3.8) is 0 Å². The second kappa shape index (κ2) is 4.52. The van der Waals surface area contributed by atoms with E-state index in [2.05, 4.69) is 30.6 Å². The van der Waals surface area contributed by atoms with Gasteiger partial charge in [0.1, 0.15) is 0 Å². The Bertz CT molecular complexity index is 134. The van der Waals surface area contributed by atoms with Gasteiger partial charge in [-0.25, -0.2) is 0 Å². The highest BCUT2D eigenvalue weighted by Gasteiger charge is 2.12. The van der Waals surface area contributed by atoms with Gasteiger partial charge in [0.05, 0.1) is 6.17 Å². The molecule has 0 aromatic heterocycles. The van der Waals surface area contributed by atoms with Gasteiger partial charge in [-0.15, -0.1) is 0 Å². The first-order chi connectivity index (χ1) is 5.36. The van der Waals surface area contributed by atoms with Crippen LogP contribution in [0, 0.1) is 0 Å². The summed E-state index contributed by atoms with van der Waals surface area (Å²) in [5.41, 5.74) is 1.54. The van der Waals surface area contributed by atoms with Crippen LogP contribution in [0.3, 0.4) is 0 Å². The molecular weight excluding hydrogens is 136 g/mol. The fraction of sp³-hybridized carbons (Fsp3) is 0.778. The third kappa shape index (κ3) is 2.64. The molecule has 11 heavy (non-hydrogen) atoms. The minimum absolute atomic E-state index is 0.529. The number of rotatable bonds is 3. The average molecular weight is 154 g/mol. The predicted octanol–water partition coefficient (Wildman–Crippen LogP) is 1.25. The van der Waals surface area contributed by atoms with Crippen LogP contribution >= 0.6 is 0 Å². The predicted molar refractivity (Wildman–Crippen MR) is 48.5 cm³/mol. The zero-order valence-corrected chi connectivity index (χ0v) is 7.48. The van der Waals surface area contributed by atoms with E-state index in [1.807, 2.05) is 0 Å². The Morgan fingerprint density at radius 1 is 1.45 bits per heavy atom.